The van der Waals surface area contributed by atoms with Gasteiger partial charge < -0.3 is 19.6 Å². The van der Waals surface area contributed by atoms with Gasteiger partial charge in [-0.05, 0) is 25.7 Å². The summed E-state index contributed by atoms with van der Waals surface area (Å²) in [4.78, 5) is 21.1. The summed E-state index contributed by atoms with van der Waals surface area (Å²) < 4.78 is 11.5. The molecule has 0 spiro atoms. The van der Waals surface area contributed by atoms with Crippen molar-refractivity contribution in [2.75, 3.05) is 13.2 Å². The molecule has 0 aromatic carbocycles. The van der Waals surface area contributed by atoms with E-state index in [1.54, 1.807) is 20.8 Å². The quantitative estimate of drug-likeness (QED) is 0.333. The molecule has 0 aliphatic heterocycles. The third-order valence-corrected chi connectivity index (χ3v) is 1.92. The Bertz CT molecular complexity index is 449. The number of carbonyl (C=O) groups excluding carboxylic acids is 1. The minimum atomic E-state index is -0.571. The molecular weight excluding hydrogens is 254 g/mol. The highest BCUT2D eigenvalue weighted by Crippen LogP contribution is 2.07. The number of hydrogen-bond acceptors (Lipinski definition) is 6. The molecule has 19 heavy (non-hydrogen) atoms. The van der Waals surface area contributed by atoms with E-state index in [9.17, 15) is 14.9 Å². The fourth-order valence-corrected chi connectivity index (χ4v) is 1.26. The predicted molar refractivity (Wildman–Crippen MR) is 65.5 cm³/mol. The first-order valence-corrected chi connectivity index (χ1v) is 5.75. The van der Waals surface area contributed by atoms with Gasteiger partial charge in [0.1, 0.15) is 12.2 Å². The van der Waals surface area contributed by atoms with Crippen LogP contribution in [0.25, 0.3) is 0 Å². The van der Waals surface area contributed by atoms with E-state index in [1.807, 2.05) is 0 Å². The summed E-state index contributed by atoms with van der Waals surface area (Å²) in [5, 5.41) is 14.1. The second-order valence-electron chi connectivity index (χ2n) is 4.83. The van der Waals surface area contributed by atoms with Crippen LogP contribution in [-0.2, 0) is 20.8 Å². The molecule has 1 aromatic rings. The maximum Gasteiger partial charge on any atom is 0.389 e. The van der Waals surface area contributed by atoms with Crippen molar-refractivity contribution in [1.82, 2.24) is 9.78 Å². The molecule has 0 radical (unpaired) electrons. The van der Waals surface area contributed by atoms with Gasteiger partial charge in [0.15, 0.2) is 0 Å². The minimum Gasteiger partial charge on any atom is -0.458 e. The first-order chi connectivity index (χ1) is 8.78. The molecule has 1 rings (SSSR count). The van der Waals surface area contributed by atoms with E-state index in [0.29, 0.717) is 6.54 Å². The predicted octanol–water partition coefficient (Wildman–Crippen LogP) is 1.15. The number of nitrogens with zero attached hydrogens (tertiary/aromatic N) is 3. The zero-order chi connectivity index (χ0) is 14.5. The Labute approximate surface area is 110 Å². The van der Waals surface area contributed by atoms with Crippen LogP contribution < -0.4 is 0 Å². The maximum atomic E-state index is 11.3. The number of aromatic nitrogens is 2. The van der Waals surface area contributed by atoms with Crippen molar-refractivity contribution in [3.05, 3.63) is 22.4 Å². The SMILES string of the molecule is CC(C)(C)OC(=O)COCCn1ccc([N+](=O)[O-])n1. The average Bonchev–Trinajstić information content (AvgIpc) is 2.70. The molecule has 0 N–H and O–H groups in total. The number of esters is 1. The Kier molecular flexibility index (Phi) is 4.99. The fraction of sp³-hybridized carbons (Fsp3) is 0.636. The van der Waals surface area contributed by atoms with E-state index in [2.05, 4.69) is 5.10 Å². The minimum absolute atomic E-state index is 0.152. The van der Waals surface area contributed by atoms with Gasteiger partial charge in [0.2, 0.25) is 0 Å². The van der Waals surface area contributed by atoms with Crippen LogP contribution >= 0.6 is 0 Å². The van der Waals surface area contributed by atoms with Crippen LogP contribution in [0.5, 0.6) is 0 Å². The smallest absolute Gasteiger partial charge is 0.389 e. The highest BCUT2D eigenvalue weighted by atomic mass is 16.6. The molecule has 0 fully saturated rings. The fourth-order valence-electron chi connectivity index (χ4n) is 1.26. The molecule has 1 aromatic heterocycles. The third kappa shape index (κ3) is 5.96. The van der Waals surface area contributed by atoms with Gasteiger partial charge in [-0.2, -0.15) is 4.68 Å². The number of hydrogen-bond donors (Lipinski definition) is 0. The van der Waals surface area contributed by atoms with Crippen molar-refractivity contribution in [3.63, 3.8) is 0 Å². The first kappa shape index (κ1) is 15.1. The van der Waals surface area contributed by atoms with Crippen molar-refractivity contribution in [3.8, 4) is 0 Å². The Morgan fingerprint density at radius 2 is 2.21 bits per heavy atom. The molecule has 1 heterocycles. The molecule has 0 saturated carbocycles. The molecule has 0 atom stereocenters. The molecule has 8 heteroatoms. The lowest BCUT2D eigenvalue weighted by molar-refractivity contribution is -0.389. The van der Waals surface area contributed by atoms with Gasteiger partial charge in [0, 0.05) is 0 Å². The van der Waals surface area contributed by atoms with Gasteiger partial charge in [-0.3, -0.25) is 0 Å². The van der Waals surface area contributed by atoms with E-state index in [-0.39, 0.29) is 19.0 Å². The summed E-state index contributed by atoms with van der Waals surface area (Å²) >= 11 is 0. The van der Waals surface area contributed by atoms with Gasteiger partial charge in [0.05, 0.1) is 30.5 Å². The standard InChI is InChI=1S/C11H17N3O5/c1-11(2,3)19-10(15)8-18-7-6-13-5-4-9(12-13)14(16)17/h4-5H,6-8H2,1-3H3. The van der Waals surface area contributed by atoms with Crippen molar-refractivity contribution in [2.24, 2.45) is 0 Å². The van der Waals surface area contributed by atoms with Gasteiger partial charge >= 0.3 is 11.8 Å². The summed E-state index contributed by atoms with van der Waals surface area (Å²) in [6, 6.07) is 1.30. The summed E-state index contributed by atoms with van der Waals surface area (Å²) in [7, 11) is 0. The molecule has 106 valence electrons. The summed E-state index contributed by atoms with van der Waals surface area (Å²) in [6.45, 7) is 5.71. The number of rotatable bonds is 6. The van der Waals surface area contributed by atoms with Crippen molar-refractivity contribution in [1.29, 1.82) is 0 Å². The van der Waals surface area contributed by atoms with Gasteiger partial charge in [-0.1, -0.05) is 0 Å². The van der Waals surface area contributed by atoms with Gasteiger partial charge in [0.25, 0.3) is 0 Å². The molecule has 0 aliphatic carbocycles. The molecule has 8 nitrogen and oxygen atoms in total. The van der Waals surface area contributed by atoms with Gasteiger partial charge in [-0.25, -0.2) is 4.79 Å². The molecule has 0 aliphatic rings. The van der Waals surface area contributed by atoms with Crippen LogP contribution in [0.1, 0.15) is 20.8 Å². The summed E-state index contributed by atoms with van der Waals surface area (Å²) in [6.07, 6.45) is 1.48. The lowest BCUT2D eigenvalue weighted by Crippen LogP contribution is -2.27. The number of ether oxygens (including phenoxy) is 2. The Hall–Kier alpha value is -1.96. The second-order valence-corrected chi connectivity index (χ2v) is 4.83. The largest absolute Gasteiger partial charge is 0.458 e. The Balaban J connectivity index is 2.23. The first-order valence-electron chi connectivity index (χ1n) is 5.75. The Morgan fingerprint density at radius 1 is 1.53 bits per heavy atom. The summed E-state index contributed by atoms with van der Waals surface area (Å²) in [5.74, 6) is -0.661. The summed E-state index contributed by atoms with van der Waals surface area (Å²) in [5.41, 5.74) is -0.539. The lowest BCUT2D eigenvalue weighted by Gasteiger charge is -2.19. The maximum absolute atomic E-state index is 11.3. The molecule has 0 saturated heterocycles. The molecule has 0 unspecified atom stereocenters. The van der Waals surface area contributed by atoms with E-state index >= 15 is 0 Å². The van der Waals surface area contributed by atoms with E-state index in [4.69, 9.17) is 9.47 Å². The van der Waals surface area contributed by atoms with Crippen LogP contribution in [-0.4, -0.2) is 39.5 Å². The van der Waals surface area contributed by atoms with Crippen molar-refractivity contribution >= 4 is 11.8 Å². The highest BCUT2D eigenvalue weighted by Gasteiger charge is 2.16. The Morgan fingerprint density at radius 3 is 2.74 bits per heavy atom. The second kappa shape index (κ2) is 6.28. The zero-order valence-corrected chi connectivity index (χ0v) is 11.2. The molecule has 0 amide bonds. The van der Waals surface area contributed by atoms with Crippen molar-refractivity contribution < 1.29 is 19.2 Å². The van der Waals surface area contributed by atoms with Crippen LogP contribution in [0, 0.1) is 10.1 Å². The lowest BCUT2D eigenvalue weighted by atomic mass is 10.2. The normalized spacial score (nSPS) is 11.3. The van der Waals surface area contributed by atoms with Crippen LogP contribution in [0.15, 0.2) is 12.3 Å². The number of carbonyl (C=O) groups is 1. The van der Waals surface area contributed by atoms with Crippen LogP contribution in [0.4, 0.5) is 5.82 Å². The van der Waals surface area contributed by atoms with Crippen molar-refractivity contribution in [2.45, 2.75) is 32.9 Å². The monoisotopic (exact) mass is 271 g/mol. The van der Waals surface area contributed by atoms with Gasteiger partial charge in [-0.15, -0.1) is 0 Å². The van der Waals surface area contributed by atoms with Crippen LogP contribution in [0.2, 0.25) is 0 Å². The molecular formula is C11H17N3O5. The topological polar surface area (TPSA) is 96.5 Å². The highest BCUT2D eigenvalue weighted by molar-refractivity contribution is 5.71. The van der Waals surface area contributed by atoms with E-state index in [0.717, 1.165) is 0 Å². The van der Waals surface area contributed by atoms with Crippen LogP contribution in [0.3, 0.4) is 0 Å². The zero-order valence-electron chi connectivity index (χ0n) is 11.2. The third-order valence-electron chi connectivity index (χ3n) is 1.92. The van der Waals surface area contributed by atoms with E-state index in [1.165, 1.54) is 16.9 Å². The number of nitro groups is 1. The van der Waals surface area contributed by atoms with E-state index < -0.39 is 16.5 Å². The molecule has 0 bridgehead atoms. The average molecular weight is 271 g/mol.